The first kappa shape index (κ1) is 15.8. The summed E-state index contributed by atoms with van der Waals surface area (Å²) in [6.07, 6.45) is 3.06. The Morgan fingerprint density at radius 3 is 2.92 bits per heavy atom. The molecule has 2 fully saturated rings. The van der Waals surface area contributed by atoms with E-state index >= 15 is 0 Å². The van der Waals surface area contributed by atoms with Crippen molar-refractivity contribution in [2.24, 2.45) is 0 Å². The van der Waals surface area contributed by atoms with E-state index in [1.165, 1.54) is 0 Å². The fourth-order valence-corrected chi connectivity index (χ4v) is 5.96. The van der Waals surface area contributed by atoms with Gasteiger partial charge < -0.3 is 9.47 Å². The summed E-state index contributed by atoms with van der Waals surface area (Å²) in [5, 5.41) is -0.730. The van der Waals surface area contributed by atoms with Crippen LogP contribution < -0.4 is 4.72 Å². The fourth-order valence-electron chi connectivity index (χ4n) is 3.96. The number of ether oxygens (including phenoxy) is 2. The predicted octanol–water partition coefficient (Wildman–Crippen LogP) is 1.31. The number of esters is 1. The zero-order chi connectivity index (χ0) is 17.1. The molecule has 3 aliphatic rings. The van der Waals surface area contributed by atoms with Crippen LogP contribution in [0.2, 0.25) is 0 Å². The number of carbonyl (C=O) groups is 1. The zero-order valence-electron chi connectivity index (χ0n) is 13.4. The molecular weight excluding hydrogens is 330 g/mol. The van der Waals surface area contributed by atoms with E-state index in [9.17, 15) is 13.2 Å². The van der Waals surface area contributed by atoms with Crippen LogP contribution in [0.5, 0.6) is 0 Å². The molecule has 2 saturated heterocycles. The number of hydrogen-bond donors (Lipinski definition) is 1. The van der Waals surface area contributed by atoms with Gasteiger partial charge in [0, 0.05) is 0 Å². The minimum absolute atomic E-state index is 0.239. The molecule has 1 N–H and O–H groups in total. The highest BCUT2D eigenvalue weighted by molar-refractivity contribution is 7.90. The van der Waals surface area contributed by atoms with Gasteiger partial charge in [-0.2, -0.15) is 0 Å². The average Bonchev–Trinajstić information content (AvgIpc) is 3.10. The van der Waals surface area contributed by atoms with E-state index in [0.717, 1.165) is 5.56 Å². The fraction of sp³-hybridized carbons (Fsp3) is 0.471. The van der Waals surface area contributed by atoms with E-state index < -0.39 is 39.0 Å². The molecule has 3 heterocycles. The standard InChI is InChI=1S/C17H19NO5S/c1-10-4-3-5-12(8-10)16(19)22-15-11(2)18-24(20,21)14-9-13-6-7-17(14,15)23-13/h3-8,11,13-15,18H,9H2,1-2H3/t11-,13-,14-,15-,17+/m0/s1. The van der Waals surface area contributed by atoms with Crippen molar-refractivity contribution in [2.75, 3.05) is 0 Å². The topological polar surface area (TPSA) is 81.7 Å². The van der Waals surface area contributed by atoms with Gasteiger partial charge in [0.2, 0.25) is 10.0 Å². The van der Waals surface area contributed by atoms with E-state index in [-0.39, 0.29) is 6.10 Å². The quantitative estimate of drug-likeness (QED) is 0.643. The van der Waals surface area contributed by atoms with E-state index in [4.69, 9.17) is 9.47 Å². The Labute approximate surface area is 140 Å². The monoisotopic (exact) mass is 349 g/mol. The SMILES string of the molecule is Cc1cccc(C(=O)O[C@H]2[C@H](C)NS(=O)(=O)[C@H]3C[C@@H]4C=C[C@]23O4)c1. The lowest BCUT2D eigenvalue weighted by Gasteiger charge is -2.44. The third-order valence-corrected chi connectivity index (χ3v) is 7.00. The minimum Gasteiger partial charge on any atom is -0.454 e. The highest BCUT2D eigenvalue weighted by Crippen LogP contribution is 2.48. The van der Waals surface area contributed by atoms with Crippen LogP contribution in [0.4, 0.5) is 0 Å². The highest BCUT2D eigenvalue weighted by atomic mass is 32.2. The second-order valence-corrected chi connectivity index (χ2v) is 8.63. The Morgan fingerprint density at radius 1 is 1.42 bits per heavy atom. The van der Waals surface area contributed by atoms with Gasteiger partial charge in [0.15, 0.2) is 6.10 Å². The Morgan fingerprint density at radius 2 is 2.21 bits per heavy atom. The zero-order valence-corrected chi connectivity index (χ0v) is 14.2. The van der Waals surface area contributed by atoms with Crippen molar-refractivity contribution in [3.8, 4) is 0 Å². The van der Waals surface area contributed by atoms with Crippen molar-refractivity contribution in [1.82, 2.24) is 4.72 Å². The molecule has 3 aliphatic heterocycles. The lowest BCUT2D eigenvalue weighted by atomic mass is 9.85. The van der Waals surface area contributed by atoms with Crippen molar-refractivity contribution in [3.05, 3.63) is 47.5 Å². The van der Waals surface area contributed by atoms with Crippen molar-refractivity contribution in [2.45, 2.75) is 49.4 Å². The number of fused-ring (bicyclic) bond motifs is 1. The molecule has 5 atom stereocenters. The molecule has 1 aromatic carbocycles. The molecule has 6 nitrogen and oxygen atoms in total. The first-order valence-electron chi connectivity index (χ1n) is 7.98. The summed E-state index contributed by atoms with van der Waals surface area (Å²) in [6, 6.07) is 6.55. The number of rotatable bonds is 2. The Hall–Kier alpha value is -1.70. The predicted molar refractivity (Wildman–Crippen MR) is 87.0 cm³/mol. The van der Waals surface area contributed by atoms with Gasteiger partial charge in [-0.05, 0) is 38.5 Å². The summed E-state index contributed by atoms with van der Waals surface area (Å²) >= 11 is 0. The van der Waals surface area contributed by atoms with Crippen LogP contribution in [0.1, 0.15) is 29.3 Å². The third kappa shape index (κ3) is 2.22. The third-order valence-electron chi connectivity index (χ3n) is 4.99. The van der Waals surface area contributed by atoms with E-state index in [0.29, 0.717) is 12.0 Å². The number of nitrogens with one attached hydrogen (secondary N) is 1. The highest BCUT2D eigenvalue weighted by Gasteiger charge is 2.65. The number of benzene rings is 1. The second-order valence-electron chi connectivity index (χ2n) is 6.74. The van der Waals surface area contributed by atoms with Crippen LogP contribution in [0.15, 0.2) is 36.4 Å². The Bertz CT molecular complexity index is 833. The number of sulfonamides is 1. The van der Waals surface area contributed by atoms with Crippen molar-refractivity contribution >= 4 is 16.0 Å². The lowest BCUT2D eigenvalue weighted by molar-refractivity contribution is -0.0845. The maximum absolute atomic E-state index is 12.6. The maximum Gasteiger partial charge on any atom is 0.338 e. The molecule has 24 heavy (non-hydrogen) atoms. The van der Waals surface area contributed by atoms with E-state index in [1.54, 1.807) is 31.2 Å². The Kier molecular flexibility index (Phi) is 3.39. The van der Waals surface area contributed by atoms with Crippen LogP contribution in [0.3, 0.4) is 0 Å². The van der Waals surface area contributed by atoms with Crippen LogP contribution >= 0.6 is 0 Å². The summed E-state index contributed by atoms with van der Waals surface area (Å²) < 4.78 is 39.1. The van der Waals surface area contributed by atoms with Crippen LogP contribution in [-0.4, -0.2) is 43.5 Å². The molecule has 4 rings (SSSR count). The van der Waals surface area contributed by atoms with Gasteiger partial charge in [-0.25, -0.2) is 17.9 Å². The van der Waals surface area contributed by atoms with Gasteiger partial charge in [0.1, 0.15) is 10.9 Å². The first-order chi connectivity index (χ1) is 11.3. The van der Waals surface area contributed by atoms with Crippen LogP contribution in [0.25, 0.3) is 0 Å². The Balaban J connectivity index is 1.67. The number of hydrogen-bond acceptors (Lipinski definition) is 5. The lowest BCUT2D eigenvalue weighted by Crippen LogP contribution is -2.67. The van der Waals surface area contributed by atoms with Gasteiger partial charge >= 0.3 is 5.97 Å². The molecule has 7 heteroatoms. The number of aryl methyl sites for hydroxylation is 1. The smallest absolute Gasteiger partial charge is 0.338 e. The maximum atomic E-state index is 12.6. The van der Waals surface area contributed by atoms with Gasteiger partial charge in [0.05, 0.1) is 17.7 Å². The average molecular weight is 349 g/mol. The molecule has 128 valence electrons. The molecule has 1 aromatic rings. The molecule has 2 bridgehead atoms. The van der Waals surface area contributed by atoms with E-state index in [1.807, 2.05) is 19.1 Å². The normalized spacial score (nSPS) is 38.8. The molecule has 1 spiro atoms. The second kappa shape index (κ2) is 5.15. The summed E-state index contributed by atoms with van der Waals surface area (Å²) in [5.41, 5.74) is 0.309. The molecule has 0 saturated carbocycles. The molecular formula is C17H19NO5S. The molecule has 0 aliphatic carbocycles. The van der Waals surface area contributed by atoms with Gasteiger partial charge in [-0.3, -0.25) is 0 Å². The minimum atomic E-state index is -3.51. The summed E-state index contributed by atoms with van der Waals surface area (Å²) in [6.45, 7) is 3.59. The van der Waals surface area contributed by atoms with Crippen LogP contribution in [0, 0.1) is 6.92 Å². The van der Waals surface area contributed by atoms with Crippen LogP contribution in [-0.2, 0) is 19.5 Å². The van der Waals surface area contributed by atoms with Crippen molar-refractivity contribution in [3.63, 3.8) is 0 Å². The summed E-state index contributed by atoms with van der Waals surface area (Å²) in [4.78, 5) is 12.6. The first-order valence-corrected chi connectivity index (χ1v) is 9.52. The van der Waals surface area contributed by atoms with Gasteiger partial charge in [0.25, 0.3) is 0 Å². The molecule has 0 aromatic heterocycles. The molecule has 0 radical (unpaired) electrons. The van der Waals surface area contributed by atoms with E-state index in [2.05, 4.69) is 4.72 Å². The summed E-state index contributed by atoms with van der Waals surface area (Å²) in [5.74, 6) is -0.475. The summed E-state index contributed by atoms with van der Waals surface area (Å²) in [7, 11) is -3.51. The van der Waals surface area contributed by atoms with Gasteiger partial charge in [-0.1, -0.05) is 23.8 Å². The molecule has 0 amide bonds. The van der Waals surface area contributed by atoms with Crippen molar-refractivity contribution in [1.29, 1.82) is 0 Å². The largest absolute Gasteiger partial charge is 0.454 e. The van der Waals surface area contributed by atoms with Crippen molar-refractivity contribution < 1.29 is 22.7 Å². The molecule has 0 unspecified atom stereocenters. The number of carbonyl (C=O) groups excluding carboxylic acids is 1. The van der Waals surface area contributed by atoms with Gasteiger partial charge in [-0.15, -0.1) is 0 Å².